The summed E-state index contributed by atoms with van der Waals surface area (Å²) in [4.78, 5) is 33.3. The number of carbonyl (C=O) groups excluding carboxylic acids is 1. The fourth-order valence-corrected chi connectivity index (χ4v) is 4.26. The SMILES string of the molecule is CCCN(CCC)Cc1ccc(C(=O)Nc2ccc(CN(CC3=NC=N3)Cc3ncc[nH]3)cc2)cc1. The maximum Gasteiger partial charge on any atom is 0.255 e. The third kappa shape index (κ3) is 7.44. The number of anilines is 1. The van der Waals surface area contributed by atoms with Gasteiger partial charge in [-0.1, -0.05) is 38.1 Å². The summed E-state index contributed by atoms with van der Waals surface area (Å²) in [5.74, 6) is 1.62. The van der Waals surface area contributed by atoms with Crippen molar-refractivity contribution in [2.45, 2.75) is 46.3 Å². The molecule has 0 spiro atoms. The van der Waals surface area contributed by atoms with E-state index >= 15 is 0 Å². The molecule has 4 rings (SSSR count). The highest BCUT2D eigenvalue weighted by Crippen LogP contribution is 2.16. The first-order valence-electron chi connectivity index (χ1n) is 12.6. The number of H-pyrrole nitrogens is 1. The number of aromatic nitrogens is 2. The third-order valence-corrected chi connectivity index (χ3v) is 6.03. The summed E-state index contributed by atoms with van der Waals surface area (Å²) in [5, 5.41) is 3.01. The van der Waals surface area contributed by atoms with Crippen LogP contribution in [0.4, 0.5) is 5.69 Å². The molecular weight excluding hydrogens is 450 g/mol. The molecule has 8 nitrogen and oxygen atoms in total. The van der Waals surface area contributed by atoms with Crippen LogP contribution in [-0.4, -0.2) is 57.5 Å². The molecule has 8 heteroatoms. The van der Waals surface area contributed by atoms with Gasteiger partial charge in [0.15, 0.2) is 0 Å². The van der Waals surface area contributed by atoms with E-state index in [1.165, 1.54) is 5.56 Å². The molecule has 0 atom stereocenters. The summed E-state index contributed by atoms with van der Waals surface area (Å²) in [6.07, 6.45) is 7.44. The van der Waals surface area contributed by atoms with Gasteiger partial charge in [0, 0.05) is 36.7 Å². The molecule has 0 unspecified atom stereocenters. The Bertz CT molecular complexity index is 1150. The van der Waals surface area contributed by atoms with E-state index in [9.17, 15) is 4.79 Å². The van der Waals surface area contributed by atoms with Gasteiger partial charge < -0.3 is 10.3 Å². The largest absolute Gasteiger partial charge is 0.348 e. The van der Waals surface area contributed by atoms with E-state index in [4.69, 9.17) is 0 Å². The average molecular weight is 486 g/mol. The van der Waals surface area contributed by atoms with Crippen LogP contribution in [-0.2, 0) is 19.6 Å². The minimum atomic E-state index is -0.103. The summed E-state index contributed by atoms with van der Waals surface area (Å²) in [6.45, 7) is 9.56. The fourth-order valence-electron chi connectivity index (χ4n) is 4.26. The number of aromatic amines is 1. The molecule has 1 aliphatic heterocycles. The van der Waals surface area contributed by atoms with Crippen LogP contribution in [0.2, 0.25) is 0 Å². The summed E-state index contributed by atoms with van der Waals surface area (Å²) in [6, 6.07) is 15.9. The Morgan fingerprint density at radius 1 is 0.861 bits per heavy atom. The normalized spacial score (nSPS) is 12.6. The highest BCUT2D eigenvalue weighted by Gasteiger charge is 2.14. The molecule has 0 aliphatic carbocycles. The monoisotopic (exact) mass is 485 g/mol. The Labute approximate surface area is 213 Å². The lowest BCUT2D eigenvalue weighted by molar-refractivity contribution is 0.102. The molecule has 3 aromatic rings. The van der Waals surface area contributed by atoms with Crippen molar-refractivity contribution in [1.29, 1.82) is 0 Å². The number of hydrogen-bond donors (Lipinski definition) is 2. The van der Waals surface area contributed by atoms with Crippen molar-refractivity contribution in [3.63, 3.8) is 0 Å². The smallest absolute Gasteiger partial charge is 0.255 e. The first kappa shape index (κ1) is 25.5. The topological polar surface area (TPSA) is 89.0 Å². The van der Waals surface area contributed by atoms with E-state index in [1.807, 2.05) is 42.6 Å². The number of aliphatic imine (C=N–C) groups is 2. The van der Waals surface area contributed by atoms with Gasteiger partial charge in [-0.05, 0) is 61.3 Å². The van der Waals surface area contributed by atoms with Crippen LogP contribution in [0.5, 0.6) is 0 Å². The first-order valence-corrected chi connectivity index (χ1v) is 12.6. The highest BCUT2D eigenvalue weighted by molar-refractivity contribution is 6.04. The molecule has 0 fully saturated rings. The number of benzene rings is 2. The standard InChI is InChI=1S/C28H35N7O/c1-3-15-34(16-4-2)17-22-5-9-24(10-6-22)28(36)33-25-11-7-23(8-12-25)18-35(20-27-31-21-32-27)19-26-29-13-14-30-26/h5-14,21H,3-4,15-20H2,1-2H3,(H,29,30)(H,33,36). The molecule has 1 aliphatic rings. The molecule has 2 N–H and O–H groups in total. The first-order chi connectivity index (χ1) is 17.6. The number of nitrogens with one attached hydrogen (secondary N) is 2. The van der Waals surface area contributed by atoms with Gasteiger partial charge in [0.25, 0.3) is 5.91 Å². The van der Waals surface area contributed by atoms with Gasteiger partial charge in [-0.15, -0.1) is 0 Å². The van der Waals surface area contributed by atoms with Crippen LogP contribution in [0.15, 0.2) is 70.9 Å². The Hall–Kier alpha value is -3.62. The summed E-state index contributed by atoms with van der Waals surface area (Å²) < 4.78 is 0. The maximum absolute atomic E-state index is 12.8. The fraction of sp³-hybridized carbons (Fsp3) is 0.357. The molecular formula is C28H35N7O. The van der Waals surface area contributed by atoms with Gasteiger partial charge >= 0.3 is 0 Å². The van der Waals surface area contributed by atoms with E-state index in [1.54, 1.807) is 12.5 Å². The van der Waals surface area contributed by atoms with Gasteiger partial charge in [-0.25, -0.2) is 15.0 Å². The predicted molar refractivity (Wildman–Crippen MR) is 145 cm³/mol. The van der Waals surface area contributed by atoms with Gasteiger partial charge in [0.05, 0.1) is 13.1 Å². The Morgan fingerprint density at radius 2 is 1.50 bits per heavy atom. The van der Waals surface area contributed by atoms with E-state index < -0.39 is 0 Å². The molecule has 0 saturated heterocycles. The Morgan fingerprint density at radius 3 is 2.06 bits per heavy atom. The van der Waals surface area contributed by atoms with Crippen LogP contribution in [0, 0.1) is 0 Å². The van der Waals surface area contributed by atoms with Crippen molar-refractivity contribution in [3.8, 4) is 0 Å². The van der Waals surface area contributed by atoms with Crippen molar-refractivity contribution in [3.05, 3.63) is 83.4 Å². The molecule has 36 heavy (non-hydrogen) atoms. The molecule has 0 bridgehead atoms. The molecule has 0 saturated carbocycles. The number of rotatable bonds is 14. The number of amides is 1. The number of nitrogens with zero attached hydrogens (tertiary/aromatic N) is 5. The summed E-state index contributed by atoms with van der Waals surface area (Å²) >= 11 is 0. The number of amidine groups is 1. The van der Waals surface area contributed by atoms with E-state index in [-0.39, 0.29) is 5.91 Å². The Balaban J connectivity index is 1.32. The minimum absolute atomic E-state index is 0.103. The van der Waals surface area contributed by atoms with Gasteiger partial charge in [-0.3, -0.25) is 14.6 Å². The van der Waals surface area contributed by atoms with Crippen molar-refractivity contribution in [2.75, 3.05) is 25.0 Å². The lowest BCUT2D eigenvalue weighted by atomic mass is 10.1. The maximum atomic E-state index is 12.8. The van der Waals surface area contributed by atoms with Crippen LogP contribution in [0.3, 0.4) is 0 Å². The van der Waals surface area contributed by atoms with Gasteiger partial charge in [0.2, 0.25) is 0 Å². The van der Waals surface area contributed by atoms with Crippen molar-refractivity contribution >= 4 is 23.8 Å². The quantitative estimate of drug-likeness (QED) is 0.346. The minimum Gasteiger partial charge on any atom is -0.348 e. The predicted octanol–water partition coefficient (Wildman–Crippen LogP) is 4.73. The second-order valence-corrected chi connectivity index (χ2v) is 9.10. The summed E-state index contributed by atoms with van der Waals surface area (Å²) in [5.41, 5.74) is 3.80. The van der Waals surface area contributed by atoms with Crippen molar-refractivity contribution in [1.82, 2.24) is 19.8 Å². The lowest BCUT2D eigenvalue weighted by Gasteiger charge is -2.22. The van der Waals surface area contributed by atoms with Crippen LogP contribution in [0.25, 0.3) is 0 Å². The molecule has 1 aromatic heterocycles. The van der Waals surface area contributed by atoms with Crippen LogP contribution >= 0.6 is 0 Å². The highest BCUT2D eigenvalue weighted by atomic mass is 16.1. The van der Waals surface area contributed by atoms with E-state index in [0.717, 1.165) is 61.9 Å². The molecule has 2 aromatic carbocycles. The van der Waals surface area contributed by atoms with Crippen LogP contribution in [0.1, 0.15) is 54.0 Å². The Kier molecular flexibility index (Phi) is 9.13. The summed E-state index contributed by atoms with van der Waals surface area (Å²) in [7, 11) is 0. The van der Waals surface area contributed by atoms with Crippen molar-refractivity contribution < 1.29 is 4.79 Å². The lowest BCUT2D eigenvalue weighted by Crippen LogP contribution is -2.30. The number of carbonyl (C=O) groups is 1. The molecule has 2 heterocycles. The van der Waals surface area contributed by atoms with Gasteiger partial charge in [0.1, 0.15) is 18.0 Å². The van der Waals surface area contributed by atoms with Gasteiger partial charge in [-0.2, -0.15) is 0 Å². The zero-order valence-corrected chi connectivity index (χ0v) is 21.2. The second-order valence-electron chi connectivity index (χ2n) is 9.10. The van der Waals surface area contributed by atoms with E-state index in [2.05, 4.69) is 61.0 Å². The molecule has 0 radical (unpaired) electrons. The zero-order valence-electron chi connectivity index (χ0n) is 21.2. The second kappa shape index (κ2) is 12.9. The number of imidazole rings is 1. The number of hydrogen-bond acceptors (Lipinski definition) is 6. The zero-order chi connectivity index (χ0) is 25.2. The molecule has 188 valence electrons. The molecule has 1 amide bonds. The average Bonchev–Trinajstić information content (AvgIpc) is 3.36. The van der Waals surface area contributed by atoms with E-state index in [0.29, 0.717) is 18.7 Å². The van der Waals surface area contributed by atoms with Crippen molar-refractivity contribution in [2.24, 2.45) is 9.98 Å². The third-order valence-electron chi connectivity index (χ3n) is 6.03. The van der Waals surface area contributed by atoms with Crippen LogP contribution < -0.4 is 5.32 Å².